The smallest absolute Gasteiger partial charge is 0.328 e. The topological polar surface area (TPSA) is 97.5 Å². The molecule has 0 bridgehead atoms. The van der Waals surface area contributed by atoms with E-state index in [0.29, 0.717) is 0 Å². The van der Waals surface area contributed by atoms with E-state index in [1.54, 1.807) is 18.2 Å². The van der Waals surface area contributed by atoms with Crippen molar-refractivity contribution in [2.45, 2.75) is 12.0 Å². The standard InChI is InChI=1S/C15H11NO4/c16-15(14(19)20)7-3-6-10-11(15)13(18)9-5-2-1-4-8(9)12(10)17/h1-6H,7,16H2,(H,19,20). The van der Waals surface area contributed by atoms with Crippen molar-refractivity contribution in [2.75, 3.05) is 0 Å². The number of rotatable bonds is 1. The molecule has 0 radical (unpaired) electrons. The van der Waals surface area contributed by atoms with E-state index < -0.39 is 17.3 Å². The second-order valence-electron chi connectivity index (χ2n) is 4.88. The highest BCUT2D eigenvalue weighted by Crippen LogP contribution is 2.36. The van der Waals surface area contributed by atoms with E-state index in [1.807, 2.05) is 0 Å². The van der Waals surface area contributed by atoms with Gasteiger partial charge in [0.25, 0.3) is 0 Å². The van der Waals surface area contributed by atoms with E-state index in [2.05, 4.69) is 0 Å². The van der Waals surface area contributed by atoms with Gasteiger partial charge in [-0.3, -0.25) is 9.59 Å². The second kappa shape index (κ2) is 3.98. The van der Waals surface area contributed by atoms with Gasteiger partial charge in [0, 0.05) is 22.3 Å². The fraction of sp³-hybridized carbons (Fsp3) is 0.133. The van der Waals surface area contributed by atoms with Gasteiger partial charge in [-0.1, -0.05) is 36.4 Å². The van der Waals surface area contributed by atoms with E-state index in [1.165, 1.54) is 18.2 Å². The van der Waals surface area contributed by atoms with Crippen LogP contribution in [-0.4, -0.2) is 28.2 Å². The van der Waals surface area contributed by atoms with E-state index in [-0.39, 0.29) is 34.5 Å². The van der Waals surface area contributed by atoms with Crippen LogP contribution in [0.2, 0.25) is 0 Å². The monoisotopic (exact) mass is 269 g/mol. The van der Waals surface area contributed by atoms with Gasteiger partial charge in [-0.25, -0.2) is 4.79 Å². The maximum Gasteiger partial charge on any atom is 0.328 e. The molecule has 1 aromatic carbocycles. The Bertz CT molecular complexity index is 729. The summed E-state index contributed by atoms with van der Waals surface area (Å²) in [5, 5.41) is 9.33. The van der Waals surface area contributed by atoms with Gasteiger partial charge >= 0.3 is 5.97 Å². The molecule has 0 aromatic heterocycles. The lowest BCUT2D eigenvalue weighted by Crippen LogP contribution is -2.54. The third-order valence-electron chi connectivity index (χ3n) is 3.71. The molecule has 0 spiro atoms. The summed E-state index contributed by atoms with van der Waals surface area (Å²) >= 11 is 0. The van der Waals surface area contributed by atoms with Crippen LogP contribution in [-0.2, 0) is 4.79 Å². The zero-order valence-corrected chi connectivity index (χ0v) is 10.4. The van der Waals surface area contributed by atoms with Crippen molar-refractivity contribution in [3.05, 3.63) is 58.7 Å². The first kappa shape index (κ1) is 12.5. The molecule has 3 N–H and O–H groups in total. The number of carbonyl (C=O) groups excluding carboxylic acids is 2. The van der Waals surface area contributed by atoms with Crippen LogP contribution in [0.25, 0.3) is 0 Å². The van der Waals surface area contributed by atoms with Crippen molar-refractivity contribution in [1.29, 1.82) is 0 Å². The summed E-state index contributed by atoms with van der Waals surface area (Å²) < 4.78 is 0. The zero-order chi connectivity index (χ0) is 14.5. The predicted octanol–water partition coefficient (Wildman–Crippen LogP) is 1.10. The molecule has 5 nitrogen and oxygen atoms in total. The van der Waals surface area contributed by atoms with Gasteiger partial charge in [0.1, 0.15) is 5.54 Å². The van der Waals surface area contributed by atoms with Gasteiger partial charge in [0.2, 0.25) is 0 Å². The van der Waals surface area contributed by atoms with Gasteiger partial charge in [-0.15, -0.1) is 0 Å². The Morgan fingerprint density at radius 1 is 1.15 bits per heavy atom. The van der Waals surface area contributed by atoms with E-state index >= 15 is 0 Å². The number of hydrogen-bond donors (Lipinski definition) is 2. The lowest BCUT2D eigenvalue weighted by Gasteiger charge is -2.32. The number of aliphatic carboxylic acids is 1. The first-order valence-electron chi connectivity index (χ1n) is 6.09. The van der Waals surface area contributed by atoms with Crippen LogP contribution in [0.5, 0.6) is 0 Å². The van der Waals surface area contributed by atoms with Crippen LogP contribution >= 0.6 is 0 Å². The molecule has 0 saturated heterocycles. The Balaban J connectivity index is 2.30. The molecule has 0 amide bonds. The summed E-state index contributed by atoms with van der Waals surface area (Å²) in [6.07, 6.45) is 2.99. The molecular formula is C15H11NO4. The number of hydrogen-bond acceptors (Lipinski definition) is 4. The maximum absolute atomic E-state index is 12.5. The van der Waals surface area contributed by atoms with Gasteiger partial charge in [0.15, 0.2) is 11.6 Å². The highest BCUT2D eigenvalue weighted by Gasteiger charge is 2.47. The lowest BCUT2D eigenvalue weighted by atomic mass is 9.71. The molecule has 2 aliphatic rings. The van der Waals surface area contributed by atoms with E-state index in [9.17, 15) is 19.5 Å². The second-order valence-corrected chi connectivity index (χ2v) is 4.88. The van der Waals surface area contributed by atoms with Crippen molar-refractivity contribution in [3.63, 3.8) is 0 Å². The molecule has 1 unspecified atom stereocenters. The van der Waals surface area contributed by atoms with E-state index in [0.717, 1.165) is 0 Å². The summed E-state index contributed by atoms with van der Waals surface area (Å²) in [6.45, 7) is 0. The van der Waals surface area contributed by atoms with Gasteiger partial charge in [-0.2, -0.15) is 0 Å². The Morgan fingerprint density at radius 3 is 2.35 bits per heavy atom. The van der Waals surface area contributed by atoms with Crippen LogP contribution in [0.1, 0.15) is 27.1 Å². The van der Waals surface area contributed by atoms with Crippen LogP contribution in [0, 0.1) is 0 Å². The number of allylic oxidation sites excluding steroid dienone is 2. The molecule has 0 saturated carbocycles. The average molecular weight is 269 g/mol. The SMILES string of the molecule is NC1(C(=O)O)CC=CC2=C1C(=O)c1ccccc1C2=O. The number of carboxylic acids is 1. The Kier molecular flexibility index (Phi) is 2.49. The largest absolute Gasteiger partial charge is 0.480 e. The van der Waals surface area contributed by atoms with Gasteiger partial charge in [0.05, 0.1) is 0 Å². The van der Waals surface area contributed by atoms with Crippen molar-refractivity contribution in [2.24, 2.45) is 5.73 Å². The Morgan fingerprint density at radius 2 is 1.75 bits per heavy atom. The fourth-order valence-corrected chi connectivity index (χ4v) is 2.66. The van der Waals surface area contributed by atoms with Crippen molar-refractivity contribution in [3.8, 4) is 0 Å². The molecule has 100 valence electrons. The van der Waals surface area contributed by atoms with Crippen LogP contribution < -0.4 is 5.73 Å². The number of carbonyl (C=O) groups is 3. The fourth-order valence-electron chi connectivity index (χ4n) is 2.66. The molecule has 2 aliphatic carbocycles. The van der Waals surface area contributed by atoms with Gasteiger partial charge < -0.3 is 10.8 Å². The normalized spacial score (nSPS) is 24.4. The minimum Gasteiger partial charge on any atom is -0.480 e. The molecule has 1 atom stereocenters. The molecule has 0 heterocycles. The molecule has 3 rings (SSSR count). The molecule has 5 heteroatoms. The minimum atomic E-state index is -1.84. The highest BCUT2D eigenvalue weighted by atomic mass is 16.4. The van der Waals surface area contributed by atoms with Crippen LogP contribution in [0.15, 0.2) is 47.6 Å². The summed E-state index contributed by atoms with van der Waals surface area (Å²) in [5.41, 5.74) is 4.51. The summed E-state index contributed by atoms with van der Waals surface area (Å²) in [7, 11) is 0. The Hall–Kier alpha value is -2.53. The molecule has 0 fully saturated rings. The Labute approximate surface area is 114 Å². The molecular weight excluding hydrogens is 258 g/mol. The summed E-state index contributed by atoms with van der Waals surface area (Å²) in [4.78, 5) is 36.4. The lowest BCUT2D eigenvalue weighted by molar-refractivity contribution is -0.141. The minimum absolute atomic E-state index is 0.0116. The number of benzene rings is 1. The predicted molar refractivity (Wildman–Crippen MR) is 70.4 cm³/mol. The van der Waals surface area contributed by atoms with Crippen LogP contribution in [0.3, 0.4) is 0 Å². The highest BCUT2D eigenvalue weighted by molar-refractivity contribution is 6.30. The molecule has 1 aromatic rings. The quantitative estimate of drug-likeness (QED) is 0.795. The first-order valence-corrected chi connectivity index (χ1v) is 6.09. The van der Waals surface area contributed by atoms with Gasteiger partial charge in [-0.05, 0) is 6.42 Å². The van der Waals surface area contributed by atoms with Crippen molar-refractivity contribution in [1.82, 2.24) is 0 Å². The maximum atomic E-state index is 12.5. The van der Waals surface area contributed by atoms with E-state index in [4.69, 9.17) is 5.73 Å². The summed E-state index contributed by atoms with van der Waals surface area (Å²) in [5.74, 6) is -2.15. The number of ketones is 2. The summed E-state index contributed by atoms with van der Waals surface area (Å²) in [6, 6.07) is 6.36. The molecule has 20 heavy (non-hydrogen) atoms. The molecule has 0 aliphatic heterocycles. The zero-order valence-electron chi connectivity index (χ0n) is 10.4. The van der Waals surface area contributed by atoms with Crippen LogP contribution in [0.4, 0.5) is 0 Å². The number of Topliss-reactive ketones (excluding diaryl/α,β-unsaturated/α-hetero) is 2. The number of nitrogens with two attached hydrogens (primary N) is 1. The number of carboxylic acid groups (broad SMARTS) is 1. The third kappa shape index (κ3) is 1.44. The first-order chi connectivity index (χ1) is 9.47. The number of fused-ring (bicyclic) bond motifs is 1. The third-order valence-corrected chi connectivity index (χ3v) is 3.71. The van der Waals surface area contributed by atoms with Crippen molar-refractivity contribution >= 4 is 17.5 Å². The van der Waals surface area contributed by atoms with Crippen molar-refractivity contribution < 1.29 is 19.5 Å². The average Bonchev–Trinajstić information content (AvgIpc) is 2.44.